The van der Waals surface area contributed by atoms with Gasteiger partial charge in [0.05, 0.1) is 4.90 Å². The molecule has 0 amide bonds. The lowest BCUT2D eigenvalue weighted by atomic mass is 10.2. The van der Waals surface area contributed by atoms with E-state index >= 15 is 0 Å². The van der Waals surface area contributed by atoms with Gasteiger partial charge < -0.3 is 4.57 Å². The molecular formula is C15H13BrN2O2S. The Hall–Kier alpha value is -1.66. The fraction of sp³-hybridized carbons (Fsp3) is 0.133. The summed E-state index contributed by atoms with van der Waals surface area (Å²) in [7, 11) is 0.236. The van der Waals surface area contributed by atoms with E-state index in [4.69, 9.17) is 0 Å². The lowest BCUT2D eigenvalue weighted by molar-refractivity contribution is 0.678. The zero-order valence-electron chi connectivity index (χ0n) is 11.5. The lowest BCUT2D eigenvalue weighted by Gasteiger charge is -2.07. The summed E-state index contributed by atoms with van der Waals surface area (Å²) in [5.41, 5.74) is 1.37. The SMILES string of the molecule is Cc1ccc(S(=O)n2ccc3c(Br)cn(C)c(=O)c32)cc1. The van der Waals surface area contributed by atoms with Crippen molar-refractivity contribution in [2.45, 2.75) is 11.8 Å². The van der Waals surface area contributed by atoms with E-state index in [0.29, 0.717) is 10.4 Å². The molecule has 2 aromatic heterocycles. The van der Waals surface area contributed by atoms with Crippen molar-refractivity contribution in [1.82, 2.24) is 8.54 Å². The van der Waals surface area contributed by atoms with Gasteiger partial charge in [0.1, 0.15) is 5.52 Å². The summed E-state index contributed by atoms with van der Waals surface area (Å²) in [5, 5.41) is 0.763. The number of nitrogens with zero attached hydrogens (tertiary/aromatic N) is 2. The smallest absolute Gasteiger partial charge is 0.275 e. The maximum Gasteiger partial charge on any atom is 0.275 e. The van der Waals surface area contributed by atoms with Gasteiger partial charge in [-0.1, -0.05) is 17.7 Å². The van der Waals surface area contributed by atoms with Crippen molar-refractivity contribution in [2.24, 2.45) is 7.05 Å². The molecule has 0 aliphatic carbocycles. The molecule has 3 rings (SSSR count). The number of aryl methyl sites for hydroxylation is 2. The molecule has 0 fully saturated rings. The summed E-state index contributed by atoms with van der Waals surface area (Å²) in [5.74, 6) is 0. The van der Waals surface area contributed by atoms with Crippen LogP contribution < -0.4 is 5.56 Å². The molecule has 4 nitrogen and oxygen atoms in total. The van der Waals surface area contributed by atoms with Gasteiger partial charge in [0.15, 0.2) is 11.0 Å². The molecule has 0 spiro atoms. The monoisotopic (exact) mass is 364 g/mol. The predicted octanol–water partition coefficient (Wildman–Crippen LogP) is 2.98. The van der Waals surface area contributed by atoms with Crippen LogP contribution in [0.5, 0.6) is 0 Å². The highest BCUT2D eigenvalue weighted by Gasteiger charge is 2.15. The number of rotatable bonds is 2. The van der Waals surface area contributed by atoms with Gasteiger partial charge >= 0.3 is 0 Å². The predicted molar refractivity (Wildman–Crippen MR) is 87.9 cm³/mol. The van der Waals surface area contributed by atoms with E-state index < -0.39 is 11.0 Å². The van der Waals surface area contributed by atoms with E-state index in [1.165, 1.54) is 8.54 Å². The molecule has 1 unspecified atom stereocenters. The summed E-state index contributed by atoms with van der Waals surface area (Å²) in [4.78, 5) is 13.0. The van der Waals surface area contributed by atoms with Crippen molar-refractivity contribution < 1.29 is 4.21 Å². The van der Waals surface area contributed by atoms with Crippen molar-refractivity contribution in [2.75, 3.05) is 0 Å². The number of hydrogen-bond acceptors (Lipinski definition) is 2. The van der Waals surface area contributed by atoms with Crippen molar-refractivity contribution in [3.8, 4) is 0 Å². The first-order valence-electron chi connectivity index (χ1n) is 6.34. The molecule has 21 heavy (non-hydrogen) atoms. The van der Waals surface area contributed by atoms with E-state index in [9.17, 15) is 9.00 Å². The third kappa shape index (κ3) is 2.38. The molecule has 0 bridgehead atoms. The Morgan fingerprint density at radius 3 is 2.48 bits per heavy atom. The van der Waals surface area contributed by atoms with Gasteiger partial charge in [0.25, 0.3) is 5.56 Å². The minimum absolute atomic E-state index is 0.168. The fourth-order valence-corrected chi connectivity index (χ4v) is 3.93. The molecule has 2 heterocycles. The number of benzene rings is 1. The van der Waals surface area contributed by atoms with Crippen LogP contribution in [0.15, 0.2) is 56.9 Å². The van der Waals surface area contributed by atoms with Crippen LogP contribution in [-0.2, 0) is 18.0 Å². The van der Waals surface area contributed by atoms with E-state index in [0.717, 1.165) is 15.4 Å². The first kappa shape index (κ1) is 14.3. The van der Waals surface area contributed by atoms with Crippen molar-refractivity contribution in [3.63, 3.8) is 0 Å². The van der Waals surface area contributed by atoms with Crippen LogP contribution in [0.4, 0.5) is 0 Å². The summed E-state index contributed by atoms with van der Waals surface area (Å²) in [6, 6.07) is 9.26. The summed E-state index contributed by atoms with van der Waals surface area (Å²) in [6.07, 6.45) is 3.40. The Morgan fingerprint density at radius 1 is 1.14 bits per heavy atom. The van der Waals surface area contributed by atoms with Crippen molar-refractivity contribution in [1.29, 1.82) is 0 Å². The Balaban J connectivity index is 2.24. The minimum Gasteiger partial charge on any atom is -0.316 e. The number of aromatic nitrogens is 2. The summed E-state index contributed by atoms with van der Waals surface area (Å²) >= 11 is 3.44. The Bertz CT molecular complexity index is 910. The number of hydrogen-bond donors (Lipinski definition) is 0. The summed E-state index contributed by atoms with van der Waals surface area (Å²) < 4.78 is 16.5. The first-order valence-corrected chi connectivity index (χ1v) is 8.24. The minimum atomic E-state index is -1.44. The molecule has 0 saturated heterocycles. The molecule has 0 N–H and O–H groups in total. The zero-order chi connectivity index (χ0) is 15.1. The molecule has 0 aliphatic rings. The van der Waals surface area contributed by atoms with Crippen LogP contribution in [-0.4, -0.2) is 12.7 Å². The second-order valence-corrected chi connectivity index (χ2v) is 7.08. The van der Waals surface area contributed by atoms with Gasteiger partial charge in [-0.15, -0.1) is 0 Å². The highest BCUT2D eigenvalue weighted by molar-refractivity contribution is 9.10. The van der Waals surface area contributed by atoms with Crippen LogP contribution in [0.2, 0.25) is 0 Å². The van der Waals surface area contributed by atoms with Crippen LogP contribution in [0.25, 0.3) is 10.9 Å². The highest BCUT2D eigenvalue weighted by Crippen LogP contribution is 2.24. The van der Waals surface area contributed by atoms with Gasteiger partial charge in [-0.05, 0) is 41.1 Å². The Labute approximate surface area is 132 Å². The number of fused-ring (bicyclic) bond motifs is 1. The third-order valence-electron chi connectivity index (χ3n) is 3.34. The third-order valence-corrected chi connectivity index (χ3v) is 5.31. The van der Waals surface area contributed by atoms with E-state index in [-0.39, 0.29) is 5.56 Å². The molecule has 108 valence electrons. The van der Waals surface area contributed by atoms with Crippen LogP contribution >= 0.6 is 15.9 Å². The van der Waals surface area contributed by atoms with E-state index in [1.54, 1.807) is 25.5 Å². The van der Waals surface area contributed by atoms with E-state index in [1.807, 2.05) is 31.2 Å². The quantitative estimate of drug-likeness (QED) is 0.701. The number of pyridine rings is 1. The molecule has 0 aliphatic heterocycles. The average Bonchev–Trinajstić information content (AvgIpc) is 2.90. The van der Waals surface area contributed by atoms with Gasteiger partial charge in [0.2, 0.25) is 0 Å². The lowest BCUT2D eigenvalue weighted by Crippen LogP contribution is -2.20. The van der Waals surface area contributed by atoms with Crippen LogP contribution in [0.3, 0.4) is 0 Å². The second-order valence-electron chi connectivity index (χ2n) is 4.86. The van der Waals surface area contributed by atoms with Crippen molar-refractivity contribution in [3.05, 3.63) is 63.1 Å². The maximum absolute atomic E-state index is 12.7. The molecule has 0 saturated carbocycles. The Morgan fingerprint density at radius 2 is 1.81 bits per heavy atom. The van der Waals surface area contributed by atoms with Crippen molar-refractivity contribution >= 4 is 37.8 Å². The fourth-order valence-electron chi connectivity index (χ4n) is 2.19. The van der Waals surface area contributed by atoms with Crippen LogP contribution in [0, 0.1) is 6.92 Å². The standard InChI is InChI=1S/C15H13BrN2O2S/c1-10-3-5-11(6-4-10)21(20)18-8-7-12-13(16)9-17(2)15(19)14(12)18/h3-9H,1-2H3. The average molecular weight is 365 g/mol. The highest BCUT2D eigenvalue weighted by atomic mass is 79.9. The topological polar surface area (TPSA) is 44.0 Å². The van der Waals surface area contributed by atoms with Gasteiger partial charge in [-0.3, -0.25) is 8.77 Å². The van der Waals surface area contributed by atoms with Gasteiger partial charge in [-0.25, -0.2) is 4.21 Å². The molecule has 1 atom stereocenters. The molecule has 3 aromatic rings. The molecule has 1 aromatic carbocycles. The second kappa shape index (κ2) is 5.27. The van der Waals surface area contributed by atoms with Gasteiger partial charge in [-0.2, -0.15) is 0 Å². The summed E-state index contributed by atoms with van der Waals surface area (Å²) in [6.45, 7) is 1.98. The first-order chi connectivity index (χ1) is 9.99. The van der Waals surface area contributed by atoms with Gasteiger partial charge in [0, 0.05) is 29.3 Å². The molecular weight excluding hydrogens is 352 g/mol. The zero-order valence-corrected chi connectivity index (χ0v) is 13.9. The Kier molecular flexibility index (Phi) is 3.59. The van der Waals surface area contributed by atoms with E-state index in [2.05, 4.69) is 15.9 Å². The molecule has 6 heteroatoms. The van der Waals surface area contributed by atoms with Crippen LogP contribution in [0.1, 0.15) is 5.56 Å². The number of halogens is 1. The molecule has 0 radical (unpaired) electrons. The largest absolute Gasteiger partial charge is 0.316 e. The maximum atomic E-state index is 12.7. The normalized spacial score (nSPS) is 12.7.